The van der Waals surface area contributed by atoms with Crippen LogP contribution >= 0.6 is 0 Å². The predicted octanol–water partition coefficient (Wildman–Crippen LogP) is 3.58. The molecule has 0 aliphatic heterocycles. The number of nitrogens with one attached hydrogen (secondary N) is 1. The van der Waals surface area contributed by atoms with Crippen LogP contribution in [0.4, 0.5) is 0 Å². The Labute approximate surface area is 128 Å². The molecule has 0 aliphatic rings. The highest BCUT2D eigenvalue weighted by molar-refractivity contribution is 5.94. The molecule has 0 bridgehead atoms. The number of carbonyl (C=O) groups is 1. The van der Waals surface area contributed by atoms with Gasteiger partial charge in [-0.3, -0.25) is 4.79 Å². The molecular formula is C18H16N2O2. The first-order valence-corrected chi connectivity index (χ1v) is 7.06. The smallest absolute Gasteiger partial charge is 0.251 e. The second-order valence-electron chi connectivity index (χ2n) is 4.99. The second kappa shape index (κ2) is 6.26. The van der Waals surface area contributed by atoms with Gasteiger partial charge in [-0.2, -0.15) is 0 Å². The minimum absolute atomic E-state index is 0.129. The molecule has 22 heavy (non-hydrogen) atoms. The van der Waals surface area contributed by atoms with Crippen LogP contribution in [0, 0.1) is 6.92 Å². The fourth-order valence-electron chi connectivity index (χ4n) is 2.20. The molecule has 0 atom stereocenters. The summed E-state index contributed by atoms with van der Waals surface area (Å²) in [4.78, 5) is 16.1. The molecule has 0 radical (unpaired) electrons. The van der Waals surface area contributed by atoms with Gasteiger partial charge in [-0.25, -0.2) is 4.98 Å². The zero-order valence-electron chi connectivity index (χ0n) is 12.2. The topological polar surface area (TPSA) is 55.1 Å². The normalized spacial score (nSPS) is 10.4. The van der Waals surface area contributed by atoms with Crippen LogP contribution in [0.2, 0.25) is 0 Å². The molecule has 110 valence electrons. The molecule has 0 saturated carbocycles. The quantitative estimate of drug-likeness (QED) is 0.799. The van der Waals surface area contributed by atoms with Crippen molar-refractivity contribution in [3.05, 3.63) is 78.0 Å². The summed E-state index contributed by atoms with van der Waals surface area (Å²) in [6.07, 6.45) is 1.38. The van der Waals surface area contributed by atoms with Crippen molar-refractivity contribution in [2.75, 3.05) is 0 Å². The monoisotopic (exact) mass is 292 g/mol. The van der Waals surface area contributed by atoms with E-state index in [1.165, 1.54) is 6.39 Å². The van der Waals surface area contributed by atoms with E-state index < -0.39 is 0 Å². The standard InChI is InChI=1S/C18H16N2O2/c1-13-17(22-12-20-13)11-19-18(21)16-9-7-15(8-10-16)14-5-3-2-4-6-14/h2-10,12H,11H2,1H3,(H,19,21). The second-order valence-corrected chi connectivity index (χ2v) is 4.99. The lowest BCUT2D eigenvalue weighted by molar-refractivity contribution is 0.0948. The fourth-order valence-corrected chi connectivity index (χ4v) is 2.20. The average Bonchev–Trinajstić information content (AvgIpc) is 2.99. The first kappa shape index (κ1) is 14.1. The highest BCUT2D eigenvalue weighted by Gasteiger charge is 2.08. The minimum Gasteiger partial charge on any atom is -0.446 e. The fraction of sp³-hybridized carbons (Fsp3) is 0.111. The third-order valence-electron chi connectivity index (χ3n) is 3.51. The van der Waals surface area contributed by atoms with Gasteiger partial charge >= 0.3 is 0 Å². The van der Waals surface area contributed by atoms with Crippen LogP contribution < -0.4 is 5.32 Å². The van der Waals surface area contributed by atoms with Crippen molar-refractivity contribution in [1.29, 1.82) is 0 Å². The van der Waals surface area contributed by atoms with E-state index in [9.17, 15) is 4.79 Å². The summed E-state index contributed by atoms with van der Waals surface area (Å²) in [5.41, 5.74) is 3.63. The van der Waals surface area contributed by atoms with Crippen molar-refractivity contribution >= 4 is 5.91 Å². The Kier molecular flexibility index (Phi) is 4.01. The maximum Gasteiger partial charge on any atom is 0.251 e. The Bertz CT molecular complexity index is 761. The van der Waals surface area contributed by atoms with Gasteiger partial charge in [0.05, 0.1) is 12.2 Å². The molecule has 1 aromatic heterocycles. The lowest BCUT2D eigenvalue weighted by Gasteiger charge is -2.06. The SMILES string of the molecule is Cc1ncoc1CNC(=O)c1ccc(-c2ccccc2)cc1. The van der Waals surface area contributed by atoms with Crippen LogP contribution in [0.25, 0.3) is 11.1 Å². The van der Waals surface area contributed by atoms with Gasteiger partial charge < -0.3 is 9.73 Å². The van der Waals surface area contributed by atoms with E-state index in [1.807, 2.05) is 61.5 Å². The van der Waals surface area contributed by atoms with Crippen molar-refractivity contribution in [2.45, 2.75) is 13.5 Å². The molecule has 3 aromatic rings. The van der Waals surface area contributed by atoms with Crippen LogP contribution in [-0.4, -0.2) is 10.9 Å². The van der Waals surface area contributed by atoms with Crippen LogP contribution in [0.3, 0.4) is 0 Å². The lowest BCUT2D eigenvalue weighted by atomic mass is 10.0. The summed E-state index contributed by atoms with van der Waals surface area (Å²) in [5.74, 6) is 0.546. The average molecular weight is 292 g/mol. The molecule has 2 aromatic carbocycles. The first-order chi connectivity index (χ1) is 10.7. The third kappa shape index (κ3) is 3.06. The summed E-state index contributed by atoms with van der Waals surface area (Å²) in [6.45, 7) is 2.19. The highest BCUT2D eigenvalue weighted by Crippen LogP contribution is 2.19. The van der Waals surface area contributed by atoms with Crippen LogP contribution in [0.5, 0.6) is 0 Å². The molecule has 0 saturated heterocycles. The number of aromatic nitrogens is 1. The zero-order valence-corrected chi connectivity index (χ0v) is 12.2. The Morgan fingerprint density at radius 1 is 1.05 bits per heavy atom. The van der Waals surface area contributed by atoms with E-state index in [0.29, 0.717) is 17.9 Å². The van der Waals surface area contributed by atoms with Crippen LogP contribution in [0.15, 0.2) is 65.4 Å². The zero-order chi connectivity index (χ0) is 15.4. The minimum atomic E-state index is -0.129. The van der Waals surface area contributed by atoms with Gasteiger partial charge in [0.2, 0.25) is 0 Å². The summed E-state index contributed by atoms with van der Waals surface area (Å²) < 4.78 is 5.20. The number of carbonyl (C=O) groups excluding carboxylic acids is 1. The molecule has 1 amide bonds. The van der Waals surface area contributed by atoms with Gasteiger partial charge in [-0.05, 0) is 30.2 Å². The molecule has 1 heterocycles. The van der Waals surface area contributed by atoms with E-state index in [0.717, 1.165) is 16.8 Å². The number of benzene rings is 2. The molecule has 0 spiro atoms. The maximum absolute atomic E-state index is 12.1. The third-order valence-corrected chi connectivity index (χ3v) is 3.51. The molecular weight excluding hydrogens is 276 g/mol. The molecule has 0 aliphatic carbocycles. The number of nitrogens with zero attached hydrogens (tertiary/aromatic N) is 1. The summed E-state index contributed by atoms with van der Waals surface area (Å²) in [7, 11) is 0. The van der Waals surface area contributed by atoms with E-state index in [4.69, 9.17) is 4.42 Å². The van der Waals surface area contributed by atoms with Crippen molar-refractivity contribution in [3.63, 3.8) is 0 Å². The van der Waals surface area contributed by atoms with Crippen LogP contribution in [-0.2, 0) is 6.54 Å². The number of hydrogen-bond donors (Lipinski definition) is 1. The maximum atomic E-state index is 12.1. The molecule has 4 nitrogen and oxygen atoms in total. The highest BCUT2D eigenvalue weighted by atomic mass is 16.3. The Balaban J connectivity index is 1.67. The van der Waals surface area contributed by atoms with Gasteiger partial charge in [0.1, 0.15) is 5.76 Å². The van der Waals surface area contributed by atoms with E-state index in [2.05, 4.69) is 10.3 Å². The summed E-state index contributed by atoms with van der Waals surface area (Å²) in [6, 6.07) is 17.6. The van der Waals surface area contributed by atoms with Gasteiger partial charge in [-0.1, -0.05) is 42.5 Å². The molecule has 4 heteroatoms. The van der Waals surface area contributed by atoms with Gasteiger partial charge in [0.25, 0.3) is 5.91 Å². The van der Waals surface area contributed by atoms with Crippen molar-refractivity contribution in [3.8, 4) is 11.1 Å². The molecule has 1 N–H and O–H groups in total. The number of rotatable bonds is 4. The van der Waals surface area contributed by atoms with Crippen molar-refractivity contribution in [1.82, 2.24) is 10.3 Å². The van der Waals surface area contributed by atoms with Gasteiger partial charge in [0, 0.05) is 5.56 Å². The van der Waals surface area contributed by atoms with E-state index in [-0.39, 0.29) is 5.91 Å². The Morgan fingerprint density at radius 2 is 1.73 bits per heavy atom. The largest absolute Gasteiger partial charge is 0.446 e. The number of amides is 1. The Hall–Kier alpha value is -2.88. The van der Waals surface area contributed by atoms with E-state index in [1.54, 1.807) is 0 Å². The number of oxazole rings is 1. The number of hydrogen-bond acceptors (Lipinski definition) is 3. The van der Waals surface area contributed by atoms with E-state index >= 15 is 0 Å². The first-order valence-electron chi connectivity index (χ1n) is 7.06. The van der Waals surface area contributed by atoms with Gasteiger partial charge in [-0.15, -0.1) is 0 Å². The van der Waals surface area contributed by atoms with Crippen molar-refractivity contribution < 1.29 is 9.21 Å². The van der Waals surface area contributed by atoms with Crippen LogP contribution in [0.1, 0.15) is 21.8 Å². The summed E-state index contributed by atoms with van der Waals surface area (Å²) in [5, 5.41) is 2.83. The molecule has 0 unspecified atom stereocenters. The lowest BCUT2D eigenvalue weighted by Crippen LogP contribution is -2.22. The predicted molar refractivity (Wildman–Crippen MR) is 84.3 cm³/mol. The summed E-state index contributed by atoms with van der Waals surface area (Å²) >= 11 is 0. The molecule has 0 fully saturated rings. The van der Waals surface area contributed by atoms with Crippen molar-refractivity contribution in [2.24, 2.45) is 0 Å². The Morgan fingerprint density at radius 3 is 2.36 bits per heavy atom. The molecule has 3 rings (SSSR count). The van der Waals surface area contributed by atoms with Gasteiger partial charge in [0.15, 0.2) is 6.39 Å². The number of aryl methyl sites for hydroxylation is 1.